The van der Waals surface area contributed by atoms with Gasteiger partial charge in [0.2, 0.25) is 0 Å². The van der Waals surface area contributed by atoms with E-state index >= 15 is 0 Å². The molecule has 0 N–H and O–H groups in total. The Hall–Kier alpha value is 0.700. The quantitative estimate of drug-likeness (QED) is 0.157. The van der Waals surface area contributed by atoms with Gasteiger partial charge >= 0.3 is 0 Å². The van der Waals surface area contributed by atoms with Crippen LogP contribution in [-0.4, -0.2) is 9.65 Å². The lowest BCUT2D eigenvalue weighted by Crippen LogP contribution is -2.12. The third-order valence-electron chi connectivity index (χ3n) is 3.62. The first-order valence-corrected chi connectivity index (χ1v) is 10.3. The highest BCUT2D eigenvalue weighted by atomic mass is 79.9. The number of alkyl halides is 2. The third kappa shape index (κ3) is 13.7. The first-order valence-electron chi connectivity index (χ1n) is 8.44. The maximum absolute atomic E-state index is 3.89. The maximum Gasteiger partial charge on any atom is 0.0305 e. The summed E-state index contributed by atoms with van der Waals surface area (Å²) in [7, 11) is 0. The fourth-order valence-electron chi connectivity index (χ4n) is 2.23. The van der Waals surface area contributed by atoms with Crippen LogP contribution >= 0.6 is 31.9 Å². The summed E-state index contributed by atoms with van der Waals surface area (Å²) in [5.74, 6) is 0. The number of unbranched alkanes of at least 4 members (excludes halogenated alkanes) is 8. The molecule has 0 aliphatic rings. The van der Waals surface area contributed by atoms with Crippen molar-refractivity contribution in [2.75, 3.05) is 0 Å². The van der Waals surface area contributed by atoms with Crippen LogP contribution in [0.5, 0.6) is 0 Å². The molecule has 2 heteroatoms. The zero-order chi connectivity index (χ0) is 15.1. The van der Waals surface area contributed by atoms with Crippen molar-refractivity contribution in [3.63, 3.8) is 0 Å². The van der Waals surface area contributed by atoms with Crippen LogP contribution < -0.4 is 0 Å². The van der Waals surface area contributed by atoms with Crippen LogP contribution in [0.25, 0.3) is 0 Å². The van der Waals surface area contributed by atoms with E-state index in [-0.39, 0.29) is 0 Å². The Kier molecular flexibility index (Phi) is 16.6. The topological polar surface area (TPSA) is 0 Å². The summed E-state index contributed by atoms with van der Waals surface area (Å²) in [6.45, 7) is 6.14. The first-order chi connectivity index (χ1) is 9.72. The second-order valence-electron chi connectivity index (χ2n) is 5.64. The van der Waals surface area contributed by atoms with E-state index in [2.05, 4.69) is 57.9 Å². The van der Waals surface area contributed by atoms with Crippen LogP contribution in [0.2, 0.25) is 0 Å². The van der Waals surface area contributed by atoms with Gasteiger partial charge in [-0.05, 0) is 25.7 Å². The Balaban J connectivity index is 3.48. The molecule has 0 saturated carbocycles. The Morgan fingerprint density at radius 3 is 2.25 bits per heavy atom. The molecule has 0 heterocycles. The maximum atomic E-state index is 3.89. The average molecular weight is 409 g/mol. The summed E-state index contributed by atoms with van der Waals surface area (Å²) in [6, 6.07) is 0. The standard InChI is InChI=1S/C18H33Br2/c1-3-5-7-9-11-13-15-17(19)18(20)16-14-12-10-8-6-4-2/h12,14,17-18H,1,3-11,13,15-16H2,2H3. The van der Waals surface area contributed by atoms with E-state index in [1.165, 1.54) is 64.2 Å². The van der Waals surface area contributed by atoms with Gasteiger partial charge in [-0.15, -0.1) is 0 Å². The minimum atomic E-state index is 0.574. The predicted molar refractivity (Wildman–Crippen MR) is 101 cm³/mol. The Bertz CT molecular complexity index is 213. The normalized spacial score (nSPS) is 14.8. The van der Waals surface area contributed by atoms with Crippen molar-refractivity contribution in [1.82, 2.24) is 0 Å². The second-order valence-corrected chi connectivity index (χ2v) is 8.00. The molecule has 119 valence electrons. The van der Waals surface area contributed by atoms with E-state index in [0.29, 0.717) is 9.65 Å². The van der Waals surface area contributed by atoms with Gasteiger partial charge in [0.25, 0.3) is 0 Å². The smallest absolute Gasteiger partial charge is 0.0305 e. The van der Waals surface area contributed by atoms with Gasteiger partial charge < -0.3 is 0 Å². The largest absolute Gasteiger partial charge is 0.0885 e. The van der Waals surface area contributed by atoms with Gasteiger partial charge in [-0.25, -0.2) is 0 Å². The fourth-order valence-corrected chi connectivity index (χ4v) is 3.25. The molecular formula is C18H33Br2. The third-order valence-corrected chi connectivity index (χ3v) is 6.44. The van der Waals surface area contributed by atoms with E-state index < -0.39 is 0 Å². The Morgan fingerprint density at radius 1 is 0.850 bits per heavy atom. The van der Waals surface area contributed by atoms with E-state index in [1.807, 2.05) is 0 Å². The molecule has 0 nitrogen and oxygen atoms in total. The van der Waals surface area contributed by atoms with Crippen LogP contribution in [-0.2, 0) is 0 Å². The lowest BCUT2D eigenvalue weighted by atomic mass is 10.1. The summed E-state index contributed by atoms with van der Waals surface area (Å²) in [4.78, 5) is 1.18. The number of allylic oxidation sites excluding steroid dienone is 2. The van der Waals surface area contributed by atoms with Gasteiger partial charge in [0.05, 0.1) is 0 Å². The molecule has 2 unspecified atom stereocenters. The predicted octanol–water partition coefficient (Wildman–Crippen LogP) is 7.60. The van der Waals surface area contributed by atoms with Crippen molar-refractivity contribution < 1.29 is 0 Å². The highest BCUT2D eigenvalue weighted by molar-refractivity contribution is 9.12. The van der Waals surface area contributed by atoms with E-state index in [9.17, 15) is 0 Å². The average Bonchev–Trinajstić information content (AvgIpc) is 2.45. The first kappa shape index (κ1) is 20.7. The summed E-state index contributed by atoms with van der Waals surface area (Å²) < 4.78 is 0. The summed E-state index contributed by atoms with van der Waals surface area (Å²) in [6.07, 6.45) is 20.2. The number of halogens is 2. The molecule has 1 radical (unpaired) electrons. The van der Waals surface area contributed by atoms with Crippen molar-refractivity contribution in [3.05, 3.63) is 19.1 Å². The van der Waals surface area contributed by atoms with Crippen LogP contribution in [0.3, 0.4) is 0 Å². The minimum absolute atomic E-state index is 0.574. The zero-order valence-corrected chi connectivity index (χ0v) is 16.4. The van der Waals surface area contributed by atoms with Crippen molar-refractivity contribution in [2.45, 2.75) is 93.6 Å². The van der Waals surface area contributed by atoms with Gasteiger partial charge in [0.15, 0.2) is 0 Å². The molecule has 0 saturated heterocycles. The molecule has 0 amide bonds. The molecule has 0 aliphatic heterocycles. The SMILES string of the molecule is [CH2]CCCCCCCC(Br)C(Br)CC=CCCCCC. The van der Waals surface area contributed by atoms with Crippen molar-refractivity contribution in [2.24, 2.45) is 0 Å². The molecule has 2 atom stereocenters. The van der Waals surface area contributed by atoms with Crippen LogP contribution in [0.15, 0.2) is 12.2 Å². The van der Waals surface area contributed by atoms with Crippen LogP contribution in [0.4, 0.5) is 0 Å². The molecule has 0 aromatic carbocycles. The lowest BCUT2D eigenvalue weighted by Gasteiger charge is -2.15. The highest BCUT2D eigenvalue weighted by Gasteiger charge is 2.13. The van der Waals surface area contributed by atoms with Crippen molar-refractivity contribution in [1.29, 1.82) is 0 Å². The highest BCUT2D eigenvalue weighted by Crippen LogP contribution is 2.24. The fraction of sp³-hybridized carbons (Fsp3) is 0.833. The molecule has 0 aromatic heterocycles. The zero-order valence-electron chi connectivity index (χ0n) is 13.3. The molecule has 0 aromatic rings. The van der Waals surface area contributed by atoms with Crippen LogP contribution in [0, 0.1) is 6.92 Å². The number of rotatable bonds is 14. The molecular weight excluding hydrogens is 376 g/mol. The van der Waals surface area contributed by atoms with Crippen molar-refractivity contribution >= 4 is 31.9 Å². The van der Waals surface area contributed by atoms with Gasteiger partial charge in [-0.2, -0.15) is 0 Å². The van der Waals surface area contributed by atoms with Gasteiger partial charge in [-0.3, -0.25) is 0 Å². The molecule has 0 aliphatic carbocycles. The van der Waals surface area contributed by atoms with E-state index in [1.54, 1.807) is 0 Å². The molecule has 0 rings (SSSR count). The lowest BCUT2D eigenvalue weighted by molar-refractivity contribution is 0.585. The van der Waals surface area contributed by atoms with Crippen LogP contribution in [0.1, 0.15) is 84.0 Å². The minimum Gasteiger partial charge on any atom is -0.0885 e. The van der Waals surface area contributed by atoms with E-state index in [4.69, 9.17) is 0 Å². The Morgan fingerprint density at radius 2 is 1.55 bits per heavy atom. The van der Waals surface area contributed by atoms with E-state index in [0.717, 1.165) is 12.8 Å². The summed E-state index contributed by atoms with van der Waals surface area (Å²) >= 11 is 7.64. The van der Waals surface area contributed by atoms with Crippen molar-refractivity contribution in [3.8, 4) is 0 Å². The molecule has 0 bridgehead atoms. The monoisotopic (exact) mass is 407 g/mol. The molecule has 0 spiro atoms. The van der Waals surface area contributed by atoms with Gasteiger partial charge in [0.1, 0.15) is 0 Å². The summed E-state index contributed by atoms with van der Waals surface area (Å²) in [5, 5.41) is 0. The number of hydrogen-bond donors (Lipinski definition) is 0. The molecule has 20 heavy (non-hydrogen) atoms. The Labute approximate surface area is 144 Å². The van der Waals surface area contributed by atoms with Gasteiger partial charge in [-0.1, -0.05) is 109 Å². The summed E-state index contributed by atoms with van der Waals surface area (Å²) in [5.41, 5.74) is 0. The molecule has 0 fully saturated rings. The number of hydrogen-bond acceptors (Lipinski definition) is 0. The van der Waals surface area contributed by atoms with Gasteiger partial charge in [0, 0.05) is 9.65 Å². The second kappa shape index (κ2) is 16.1.